The minimum Gasteiger partial charge on any atom is -0.481 e. The second-order valence-electron chi connectivity index (χ2n) is 4.83. The van der Waals surface area contributed by atoms with Gasteiger partial charge in [0.15, 0.2) is 11.5 Å². The summed E-state index contributed by atoms with van der Waals surface area (Å²) in [5.41, 5.74) is 1.62. The first-order valence-electron chi connectivity index (χ1n) is 6.50. The number of rotatable bonds is 4. The van der Waals surface area contributed by atoms with Crippen LogP contribution in [0.5, 0.6) is 11.5 Å². The summed E-state index contributed by atoms with van der Waals surface area (Å²) in [5, 5.41) is 10.1. The van der Waals surface area contributed by atoms with Crippen LogP contribution in [-0.4, -0.2) is 17.9 Å². The number of carbonyl (C=O) groups is 1. The molecule has 1 aliphatic rings. The van der Waals surface area contributed by atoms with Gasteiger partial charge in [0.25, 0.3) is 0 Å². The Balaban J connectivity index is 1.87. The molecule has 108 valence electrons. The topological polar surface area (TPSA) is 55.8 Å². The molecule has 0 bridgehead atoms. The Morgan fingerprint density at radius 3 is 2.57 bits per heavy atom. The van der Waals surface area contributed by atoms with Crippen LogP contribution in [0.1, 0.15) is 17.0 Å². The third kappa shape index (κ3) is 2.95. The van der Waals surface area contributed by atoms with Crippen molar-refractivity contribution < 1.29 is 19.4 Å². The van der Waals surface area contributed by atoms with E-state index < -0.39 is 11.9 Å². The molecule has 0 saturated carbocycles. The number of carboxylic acid groups (broad SMARTS) is 1. The van der Waals surface area contributed by atoms with E-state index in [4.69, 9.17) is 21.1 Å². The molecule has 0 fully saturated rings. The molecule has 5 heteroatoms. The maximum atomic E-state index is 11.6. The Morgan fingerprint density at radius 1 is 1.14 bits per heavy atom. The van der Waals surface area contributed by atoms with Gasteiger partial charge < -0.3 is 14.6 Å². The van der Waals surface area contributed by atoms with E-state index in [-0.39, 0.29) is 6.79 Å². The van der Waals surface area contributed by atoms with Gasteiger partial charge in [-0.2, -0.15) is 0 Å². The Labute approximate surface area is 126 Å². The maximum Gasteiger partial charge on any atom is 0.311 e. The third-order valence-corrected chi connectivity index (χ3v) is 3.70. The first-order chi connectivity index (χ1) is 10.1. The first-order valence-corrected chi connectivity index (χ1v) is 6.88. The molecule has 0 saturated heterocycles. The quantitative estimate of drug-likeness (QED) is 0.939. The summed E-state index contributed by atoms with van der Waals surface area (Å²) in [5.74, 6) is -0.270. The van der Waals surface area contributed by atoms with Crippen molar-refractivity contribution in [3.63, 3.8) is 0 Å². The van der Waals surface area contributed by atoms with Gasteiger partial charge in [0, 0.05) is 5.02 Å². The van der Waals surface area contributed by atoms with Crippen molar-refractivity contribution >= 4 is 17.6 Å². The number of carboxylic acids is 1. The molecule has 0 aromatic heterocycles. The van der Waals surface area contributed by atoms with Crippen LogP contribution < -0.4 is 9.47 Å². The first kappa shape index (κ1) is 13.8. The number of benzene rings is 2. The van der Waals surface area contributed by atoms with Crippen LogP contribution in [0.15, 0.2) is 42.5 Å². The van der Waals surface area contributed by atoms with Crippen LogP contribution in [0, 0.1) is 0 Å². The van der Waals surface area contributed by atoms with Crippen LogP contribution in [0.4, 0.5) is 0 Å². The average Bonchev–Trinajstić information content (AvgIpc) is 2.93. The number of aliphatic carboxylic acids is 1. The van der Waals surface area contributed by atoms with Crippen molar-refractivity contribution in [2.45, 2.75) is 12.3 Å². The number of hydrogen-bond acceptors (Lipinski definition) is 3. The van der Waals surface area contributed by atoms with Crippen LogP contribution in [0.3, 0.4) is 0 Å². The van der Waals surface area contributed by atoms with Gasteiger partial charge in [0.2, 0.25) is 6.79 Å². The molecule has 4 nitrogen and oxygen atoms in total. The van der Waals surface area contributed by atoms with Crippen LogP contribution in [0.25, 0.3) is 0 Å². The van der Waals surface area contributed by atoms with Gasteiger partial charge in [0.1, 0.15) is 0 Å². The molecule has 0 radical (unpaired) electrons. The standard InChI is InChI=1S/C16H13ClO4/c17-12-4-1-10(2-5-12)7-13(16(18)19)11-3-6-14-15(8-11)21-9-20-14/h1-6,8,13H,7,9H2,(H,18,19). The predicted molar refractivity (Wildman–Crippen MR) is 78.1 cm³/mol. The number of hydrogen-bond donors (Lipinski definition) is 1. The van der Waals surface area contributed by atoms with E-state index in [2.05, 4.69) is 0 Å². The smallest absolute Gasteiger partial charge is 0.311 e. The van der Waals surface area contributed by atoms with Crippen molar-refractivity contribution in [3.8, 4) is 11.5 Å². The normalized spacial score (nSPS) is 14.0. The molecule has 3 rings (SSSR count). The van der Waals surface area contributed by atoms with Crippen molar-refractivity contribution in [1.82, 2.24) is 0 Å². The molecular weight excluding hydrogens is 292 g/mol. The molecule has 1 atom stereocenters. The Hall–Kier alpha value is -2.20. The molecule has 2 aromatic carbocycles. The third-order valence-electron chi connectivity index (χ3n) is 3.45. The van der Waals surface area contributed by atoms with E-state index >= 15 is 0 Å². The van der Waals surface area contributed by atoms with E-state index in [0.29, 0.717) is 28.5 Å². The summed E-state index contributed by atoms with van der Waals surface area (Å²) in [7, 11) is 0. The molecule has 1 heterocycles. The molecule has 0 amide bonds. The fourth-order valence-electron chi connectivity index (χ4n) is 2.33. The highest BCUT2D eigenvalue weighted by molar-refractivity contribution is 6.30. The lowest BCUT2D eigenvalue weighted by Crippen LogP contribution is -2.14. The van der Waals surface area contributed by atoms with Gasteiger partial charge in [0.05, 0.1) is 5.92 Å². The van der Waals surface area contributed by atoms with Gasteiger partial charge in [-0.15, -0.1) is 0 Å². The second kappa shape index (κ2) is 5.66. The highest BCUT2D eigenvalue weighted by Crippen LogP contribution is 2.35. The molecule has 1 N–H and O–H groups in total. The van der Waals surface area contributed by atoms with Crippen molar-refractivity contribution in [1.29, 1.82) is 0 Å². The zero-order valence-electron chi connectivity index (χ0n) is 11.1. The molecule has 1 aliphatic heterocycles. The molecule has 2 aromatic rings. The summed E-state index contributed by atoms with van der Waals surface area (Å²) in [4.78, 5) is 11.6. The SMILES string of the molecule is O=C(O)C(Cc1ccc(Cl)cc1)c1ccc2c(c1)OCO2. The van der Waals surface area contributed by atoms with Crippen molar-refractivity contribution in [3.05, 3.63) is 58.6 Å². The highest BCUT2D eigenvalue weighted by atomic mass is 35.5. The van der Waals surface area contributed by atoms with E-state index in [1.165, 1.54) is 0 Å². The van der Waals surface area contributed by atoms with Gasteiger partial charge in [-0.25, -0.2) is 0 Å². The number of ether oxygens (including phenoxy) is 2. The maximum absolute atomic E-state index is 11.6. The highest BCUT2D eigenvalue weighted by Gasteiger charge is 2.23. The molecule has 1 unspecified atom stereocenters. The molecule has 0 aliphatic carbocycles. The monoisotopic (exact) mass is 304 g/mol. The lowest BCUT2D eigenvalue weighted by atomic mass is 9.92. The van der Waals surface area contributed by atoms with Crippen molar-refractivity contribution in [2.24, 2.45) is 0 Å². The van der Waals surface area contributed by atoms with E-state index in [1.54, 1.807) is 30.3 Å². The summed E-state index contributed by atoms with van der Waals surface area (Å²) < 4.78 is 10.5. The van der Waals surface area contributed by atoms with Gasteiger partial charge in [-0.05, 0) is 41.8 Å². The fraction of sp³-hybridized carbons (Fsp3) is 0.188. The lowest BCUT2D eigenvalue weighted by Gasteiger charge is -2.13. The largest absolute Gasteiger partial charge is 0.481 e. The Morgan fingerprint density at radius 2 is 1.86 bits per heavy atom. The average molecular weight is 305 g/mol. The van der Waals surface area contributed by atoms with E-state index in [9.17, 15) is 9.90 Å². The van der Waals surface area contributed by atoms with Gasteiger partial charge in [-0.3, -0.25) is 4.79 Å². The zero-order valence-corrected chi connectivity index (χ0v) is 11.8. The zero-order chi connectivity index (χ0) is 14.8. The number of fused-ring (bicyclic) bond motifs is 1. The van der Waals surface area contributed by atoms with Crippen LogP contribution >= 0.6 is 11.6 Å². The van der Waals surface area contributed by atoms with Crippen LogP contribution in [0.2, 0.25) is 5.02 Å². The van der Waals surface area contributed by atoms with Gasteiger partial charge in [-0.1, -0.05) is 29.8 Å². The Kier molecular flexibility index (Phi) is 3.71. The van der Waals surface area contributed by atoms with Gasteiger partial charge >= 0.3 is 5.97 Å². The second-order valence-corrected chi connectivity index (χ2v) is 5.27. The molecule has 0 spiro atoms. The lowest BCUT2D eigenvalue weighted by molar-refractivity contribution is -0.138. The fourth-order valence-corrected chi connectivity index (χ4v) is 2.46. The molecule has 21 heavy (non-hydrogen) atoms. The summed E-state index contributed by atoms with van der Waals surface area (Å²) in [6.07, 6.45) is 0.395. The van der Waals surface area contributed by atoms with Crippen molar-refractivity contribution in [2.75, 3.05) is 6.79 Å². The number of halogens is 1. The van der Waals surface area contributed by atoms with E-state index in [0.717, 1.165) is 5.56 Å². The Bertz CT molecular complexity index is 666. The van der Waals surface area contributed by atoms with Crippen LogP contribution in [-0.2, 0) is 11.2 Å². The minimum atomic E-state index is -0.871. The van der Waals surface area contributed by atoms with E-state index in [1.807, 2.05) is 12.1 Å². The predicted octanol–water partition coefficient (Wildman–Crippen LogP) is 3.48. The summed E-state index contributed by atoms with van der Waals surface area (Å²) in [6, 6.07) is 12.4. The summed E-state index contributed by atoms with van der Waals surface area (Å²) in [6.45, 7) is 0.174. The summed E-state index contributed by atoms with van der Waals surface area (Å²) >= 11 is 5.84. The molecular formula is C16H13ClO4. The minimum absolute atomic E-state index is 0.174.